The van der Waals surface area contributed by atoms with Crippen LogP contribution in [0.5, 0.6) is 0 Å². The molecule has 2 aromatic rings. The maximum Gasteiger partial charge on any atom is 0.222 e. The van der Waals surface area contributed by atoms with Crippen molar-refractivity contribution in [3.63, 3.8) is 0 Å². The van der Waals surface area contributed by atoms with Crippen molar-refractivity contribution in [1.82, 2.24) is 4.90 Å². The molecule has 0 radical (unpaired) electrons. The van der Waals surface area contributed by atoms with Crippen molar-refractivity contribution in [3.05, 3.63) is 68.7 Å². The first-order valence-corrected chi connectivity index (χ1v) is 10.7. The van der Waals surface area contributed by atoms with Gasteiger partial charge in [-0.2, -0.15) is 0 Å². The van der Waals surface area contributed by atoms with Gasteiger partial charge in [0.1, 0.15) is 0 Å². The van der Waals surface area contributed by atoms with Crippen molar-refractivity contribution in [1.29, 1.82) is 0 Å². The third-order valence-corrected chi connectivity index (χ3v) is 6.83. The molecule has 2 aliphatic rings. The zero-order valence-electron chi connectivity index (χ0n) is 16.8. The number of oxime groups is 1. The highest BCUT2D eigenvalue weighted by Gasteiger charge is 2.37. The van der Waals surface area contributed by atoms with E-state index in [0.29, 0.717) is 28.8 Å². The standard InChI is InChI=1S/C23H24Cl2N2O2/c1-4-21(28)27-12-17(13-27)15-5-7-16(8-6-15)20-11-23(3,29-26-20)18-9-14(2)22(25)19(24)10-18/h5-10,17H,4,11-13H2,1-3H3. The predicted octanol–water partition coefficient (Wildman–Crippen LogP) is 5.68. The van der Waals surface area contributed by atoms with Gasteiger partial charge in [0.05, 0.1) is 15.8 Å². The third-order valence-electron chi connectivity index (χ3n) is 5.93. The van der Waals surface area contributed by atoms with E-state index in [0.717, 1.165) is 35.5 Å². The Kier molecular flexibility index (Phi) is 5.34. The van der Waals surface area contributed by atoms with Crippen molar-refractivity contribution in [2.45, 2.75) is 45.1 Å². The Balaban J connectivity index is 1.45. The fourth-order valence-corrected chi connectivity index (χ4v) is 4.32. The quantitative estimate of drug-likeness (QED) is 0.625. The van der Waals surface area contributed by atoms with E-state index in [1.807, 2.05) is 37.8 Å². The van der Waals surface area contributed by atoms with Crippen LogP contribution >= 0.6 is 23.2 Å². The molecular formula is C23H24Cl2N2O2. The van der Waals surface area contributed by atoms with E-state index < -0.39 is 5.60 Å². The monoisotopic (exact) mass is 430 g/mol. The Hall–Kier alpha value is -2.04. The normalized spacial score (nSPS) is 21.6. The topological polar surface area (TPSA) is 41.9 Å². The van der Waals surface area contributed by atoms with E-state index in [1.54, 1.807) is 0 Å². The summed E-state index contributed by atoms with van der Waals surface area (Å²) in [6, 6.07) is 12.3. The molecule has 0 saturated carbocycles. The summed E-state index contributed by atoms with van der Waals surface area (Å²) in [5.41, 5.74) is 4.55. The maximum atomic E-state index is 11.7. The molecule has 0 bridgehead atoms. The maximum absolute atomic E-state index is 11.7. The van der Waals surface area contributed by atoms with Crippen molar-refractivity contribution in [3.8, 4) is 0 Å². The minimum absolute atomic E-state index is 0.229. The van der Waals surface area contributed by atoms with Gasteiger partial charge in [0.2, 0.25) is 5.91 Å². The molecule has 0 aromatic heterocycles. The lowest BCUT2D eigenvalue weighted by atomic mass is 9.87. The first-order chi connectivity index (χ1) is 13.8. The second-order valence-electron chi connectivity index (χ2n) is 8.10. The van der Waals surface area contributed by atoms with Crippen LogP contribution in [-0.2, 0) is 15.2 Å². The molecule has 4 rings (SSSR count). The molecule has 1 unspecified atom stereocenters. The van der Waals surface area contributed by atoms with Crippen molar-refractivity contribution < 1.29 is 9.63 Å². The van der Waals surface area contributed by atoms with Crippen LogP contribution in [0.2, 0.25) is 10.0 Å². The molecule has 0 spiro atoms. The van der Waals surface area contributed by atoms with Crippen LogP contribution in [-0.4, -0.2) is 29.6 Å². The van der Waals surface area contributed by atoms with Crippen LogP contribution in [0.1, 0.15) is 54.9 Å². The van der Waals surface area contributed by atoms with Crippen LogP contribution < -0.4 is 0 Å². The summed E-state index contributed by atoms with van der Waals surface area (Å²) >= 11 is 12.5. The van der Waals surface area contributed by atoms with E-state index in [2.05, 4.69) is 29.4 Å². The van der Waals surface area contributed by atoms with Gasteiger partial charge in [-0.3, -0.25) is 4.79 Å². The molecule has 2 heterocycles. The molecule has 0 N–H and O–H groups in total. The Morgan fingerprint density at radius 3 is 2.55 bits per heavy atom. The number of benzene rings is 2. The molecule has 6 heteroatoms. The van der Waals surface area contributed by atoms with E-state index in [-0.39, 0.29) is 5.91 Å². The first-order valence-electron chi connectivity index (χ1n) is 9.90. The largest absolute Gasteiger partial charge is 0.384 e. The van der Waals surface area contributed by atoms with E-state index in [9.17, 15) is 4.79 Å². The minimum Gasteiger partial charge on any atom is -0.384 e. The number of nitrogens with zero attached hydrogens (tertiary/aromatic N) is 2. The lowest BCUT2D eigenvalue weighted by Crippen LogP contribution is -2.48. The number of likely N-dealkylation sites (tertiary alicyclic amines) is 1. The highest BCUT2D eigenvalue weighted by atomic mass is 35.5. The van der Waals surface area contributed by atoms with Gasteiger partial charge in [-0.25, -0.2) is 0 Å². The van der Waals surface area contributed by atoms with Gasteiger partial charge >= 0.3 is 0 Å². The van der Waals surface area contributed by atoms with Crippen LogP contribution in [0.4, 0.5) is 0 Å². The van der Waals surface area contributed by atoms with Crippen LogP contribution in [0.3, 0.4) is 0 Å². The molecule has 1 amide bonds. The number of hydrogen-bond acceptors (Lipinski definition) is 3. The van der Waals surface area contributed by atoms with E-state index in [1.165, 1.54) is 5.56 Å². The summed E-state index contributed by atoms with van der Waals surface area (Å²) in [4.78, 5) is 19.5. The second-order valence-corrected chi connectivity index (χ2v) is 8.88. The molecule has 2 aromatic carbocycles. The van der Waals surface area contributed by atoms with Gasteiger partial charge in [-0.1, -0.05) is 65.6 Å². The number of aryl methyl sites for hydroxylation is 1. The number of halogens is 2. The van der Waals surface area contributed by atoms with Crippen molar-refractivity contribution in [2.24, 2.45) is 5.16 Å². The summed E-state index contributed by atoms with van der Waals surface area (Å²) in [6.07, 6.45) is 1.23. The highest BCUT2D eigenvalue weighted by Crippen LogP contribution is 2.39. The Morgan fingerprint density at radius 2 is 1.93 bits per heavy atom. The first kappa shape index (κ1) is 20.2. The summed E-state index contributed by atoms with van der Waals surface area (Å²) < 4.78 is 0. The SMILES string of the molecule is CCC(=O)N1CC(c2ccc(C3=NOC(C)(c4cc(C)c(Cl)c(Cl)c4)C3)cc2)C1. The minimum atomic E-state index is -0.567. The van der Waals surface area contributed by atoms with Crippen LogP contribution in [0, 0.1) is 6.92 Å². The lowest BCUT2D eigenvalue weighted by Gasteiger charge is -2.39. The molecule has 1 saturated heterocycles. The zero-order chi connectivity index (χ0) is 20.8. The third kappa shape index (κ3) is 3.76. The summed E-state index contributed by atoms with van der Waals surface area (Å²) in [5.74, 6) is 0.651. The average Bonchev–Trinajstić information content (AvgIpc) is 3.08. The molecule has 152 valence electrons. The van der Waals surface area contributed by atoms with Gasteiger partial charge in [-0.15, -0.1) is 0 Å². The van der Waals surface area contributed by atoms with Gasteiger partial charge in [0, 0.05) is 37.4 Å². The van der Waals surface area contributed by atoms with Crippen molar-refractivity contribution in [2.75, 3.05) is 13.1 Å². The number of amides is 1. The predicted molar refractivity (Wildman–Crippen MR) is 117 cm³/mol. The van der Waals surface area contributed by atoms with Gasteiger partial charge < -0.3 is 9.74 Å². The van der Waals surface area contributed by atoms with E-state index >= 15 is 0 Å². The number of rotatable bonds is 4. The van der Waals surface area contributed by atoms with Crippen LogP contribution in [0.15, 0.2) is 41.6 Å². The van der Waals surface area contributed by atoms with Gasteiger partial charge in [-0.05, 0) is 36.6 Å². The Bertz CT molecular complexity index is 958. The Labute approximate surface area is 181 Å². The Morgan fingerprint density at radius 1 is 1.24 bits per heavy atom. The average molecular weight is 431 g/mol. The number of carbonyl (C=O) groups excluding carboxylic acids is 1. The van der Waals surface area contributed by atoms with Crippen molar-refractivity contribution >= 4 is 34.8 Å². The smallest absolute Gasteiger partial charge is 0.222 e. The molecule has 2 aliphatic heterocycles. The fraction of sp³-hybridized carbons (Fsp3) is 0.391. The summed E-state index contributed by atoms with van der Waals surface area (Å²) in [5, 5.41) is 5.46. The molecular weight excluding hydrogens is 407 g/mol. The molecule has 1 fully saturated rings. The number of carbonyl (C=O) groups is 1. The zero-order valence-corrected chi connectivity index (χ0v) is 18.3. The fourth-order valence-electron chi connectivity index (χ4n) is 3.95. The summed E-state index contributed by atoms with van der Waals surface area (Å²) in [7, 11) is 0. The lowest BCUT2D eigenvalue weighted by molar-refractivity contribution is -0.135. The molecule has 4 nitrogen and oxygen atoms in total. The number of hydrogen-bond donors (Lipinski definition) is 0. The van der Waals surface area contributed by atoms with Gasteiger partial charge in [0.25, 0.3) is 0 Å². The summed E-state index contributed by atoms with van der Waals surface area (Å²) in [6.45, 7) is 7.48. The van der Waals surface area contributed by atoms with Crippen LogP contribution in [0.25, 0.3) is 0 Å². The molecule has 1 atom stereocenters. The van der Waals surface area contributed by atoms with E-state index in [4.69, 9.17) is 28.0 Å². The van der Waals surface area contributed by atoms with Gasteiger partial charge in [0.15, 0.2) is 5.60 Å². The highest BCUT2D eigenvalue weighted by molar-refractivity contribution is 6.42. The molecule has 29 heavy (non-hydrogen) atoms. The molecule has 0 aliphatic carbocycles. The second kappa shape index (κ2) is 7.66.